The van der Waals surface area contributed by atoms with Crippen LogP contribution in [0.2, 0.25) is 0 Å². The third kappa shape index (κ3) is 3.80. The zero-order valence-electron chi connectivity index (χ0n) is 22.8. The van der Waals surface area contributed by atoms with Gasteiger partial charge in [-0.2, -0.15) is 0 Å². The Balaban J connectivity index is 1.82. The quantitative estimate of drug-likeness (QED) is 0.310. The van der Waals surface area contributed by atoms with Gasteiger partial charge in [0, 0.05) is 53.8 Å². The summed E-state index contributed by atoms with van der Waals surface area (Å²) in [4.78, 5) is 51.4. The van der Waals surface area contributed by atoms with Crippen molar-refractivity contribution < 1.29 is 44.3 Å². The number of carbonyl (C=O) groups excluding carboxylic acids is 4. The Labute approximate surface area is 222 Å². The molecule has 0 aromatic heterocycles. The predicted octanol–water partition coefficient (Wildman–Crippen LogP) is 1.45. The van der Waals surface area contributed by atoms with E-state index < -0.39 is 63.9 Å². The molecular formula is C29H40O9. The van der Waals surface area contributed by atoms with Crippen LogP contribution in [0.25, 0.3) is 0 Å². The van der Waals surface area contributed by atoms with Gasteiger partial charge in [0.1, 0.15) is 11.6 Å². The van der Waals surface area contributed by atoms with Gasteiger partial charge in [0.2, 0.25) is 0 Å². The minimum absolute atomic E-state index is 0.0570. The molecule has 3 saturated carbocycles. The Kier molecular flexibility index (Phi) is 6.96. The highest BCUT2D eigenvalue weighted by Crippen LogP contribution is 2.66. The molecule has 0 radical (unpaired) electrons. The molecule has 38 heavy (non-hydrogen) atoms. The Morgan fingerprint density at radius 2 is 1.71 bits per heavy atom. The molecule has 0 aromatic rings. The normalized spacial score (nSPS) is 43.9. The molecular weight excluding hydrogens is 492 g/mol. The largest absolute Gasteiger partial charge is 0.467 e. The van der Waals surface area contributed by atoms with Crippen molar-refractivity contribution in [2.75, 3.05) is 7.11 Å². The molecule has 0 saturated heterocycles. The SMILES string of the molecule is C=C1[C@@H]([C@@]2(C)[C@@H](O)CC(=O)C(C)(C)[C@@H]2[C@@H](O)C(=O)OC)CC[C@@]2(C)[C@H](C3=C[C@@H](O)CC3=O)CC(=O)C[C@]12O. The number of ether oxygens (including phenoxy) is 1. The number of aliphatic hydroxyl groups is 4. The number of esters is 1. The second-order valence-corrected chi connectivity index (χ2v) is 12.9. The minimum atomic E-state index is -1.75. The van der Waals surface area contributed by atoms with E-state index in [0.717, 1.165) is 7.11 Å². The molecule has 4 aliphatic rings. The number of Topliss-reactive ketones (excluding diaryl/α,β-unsaturated/α-hetero) is 3. The first-order valence-electron chi connectivity index (χ1n) is 13.3. The van der Waals surface area contributed by atoms with Gasteiger partial charge in [-0.15, -0.1) is 0 Å². The summed E-state index contributed by atoms with van der Waals surface area (Å²) in [5.41, 5.74) is -4.57. The van der Waals surface area contributed by atoms with Crippen molar-refractivity contribution in [3.63, 3.8) is 0 Å². The highest BCUT2D eigenvalue weighted by Gasteiger charge is 2.68. The van der Waals surface area contributed by atoms with E-state index in [1.807, 2.05) is 6.92 Å². The fraction of sp³-hybridized carbons (Fsp3) is 0.724. The number of hydrogen-bond donors (Lipinski definition) is 4. The van der Waals surface area contributed by atoms with E-state index in [0.29, 0.717) is 18.4 Å². The van der Waals surface area contributed by atoms with Crippen molar-refractivity contribution in [3.05, 3.63) is 23.8 Å². The van der Waals surface area contributed by atoms with Crippen LogP contribution in [0.1, 0.15) is 66.2 Å². The molecule has 0 heterocycles. The number of aliphatic hydroxyl groups excluding tert-OH is 3. The number of rotatable bonds is 4. The number of methoxy groups -OCH3 is 1. The maximum Gasteiger partial charge on any atom is 0.335 e. The monoisotopic (exact) mass is 532 g/mol. The van der Waals surface area contributed by atoms with Gasteiger partial charge in [-0.05, 0) is 36.0 Å². The number of allylic oxidation sites excluding steroid dienone is 1. The van der Waals surface area contributed by atoms with E-state index in [2.05, 4.69) is 6.58 Å². The molecule has 4 aliphatic carbocycles. The molecule has 0 amide bonds. The highest BCUT2D eigenvalue weighted by molar-refractivity contribution is 6.00. The van der Waals surface area contributed by atoms with E-state index in [4.69, 9.17) is 4.74 Å². The van der Waals surface area contributed by atoms with Crippen molar-refractivity contribution in [2.45, 2.75) is 90.1 Å². The molecule has 0 bridgehead atoms. The van der Waals surface area contributed by atoms with Crippen molar-refractivity contribution in [1.29, 1.82) is 0 Å². The van der Waals surface area contributed by atoms with E-state index >= 15 is 0 Å². The van der Waals surface area contributed by atoms with E-state index in [9.17, 15) is 39.6 Å². The summed E-state index contributed by atoms with van der Waals surface area (Å²) in [5, 5.41) is 44.9. The highest BCUT2D eigenvalue weighted by atomic mass is 16.5. The van der Waals surface area contributed by atoms with Crippen LogP contribution >= 0.6 is 0 Å². The Bertz CT molecular complexity index is 1120. The van der Waals surface area contributed by atoms with Crippen LogP contribution < -0.4 is 0 Å². The lowest BCUT2D eigenvalue weighted by Gasteiger charge is -2.64. The zero-order chi connectivity index (χ0) is 28.6. The first kappa shape index (κ1) is 28.8. The summed E-state index contributed by atoms with van der Waals surface area (Å²) in [7, 11) is 1.13. The van der Waals surface area contributed by atoms with Gasteiger partial charge in [-0.3, -0.25) is 14.4 Å². The lowest BCUT2D eigenvalue weighted by atomic mass is 9.41. The summed E-state index contributed by atoms with van der Waals surface area (Å²) in [6.45, 7) is 11.0. The predicted molar refractivity (Wildman–Crippen MR) is 135 cm³/mol. The maximum atomic E-state index is 13.0. The number of carbonyl (C=O) groups is 4. The van der Waals surface area contributed by atoms with Crippen molar-refractivity contribution >= 4 is 23.3 Å². The summed E-state index contributed by atoms with van der Waals surface area (Å²) in [6.07, 6.45) is -2.13. The minimum Gasteiger partial charge on any atom is -0.467 e. The molecule has 9 atom stereocenters. The van der Waals surface area contributed by atoms with Gasteiger partial charge in [-0.25, -0.2) is 4.79 Å². The fourth-order valence-electron chi connectivity index (χ4n) is 8.44. The lowest BCUT2D eigenvalue weighted by Crippen LogP contribution is -2.67. The van der Waals surface area contributed by atoms with Gasteiger partial charge in [0.05, 0.1) is 24.9 Å². The molecule has 4 rings (SSSR count). The summed E-state index contributed by atoms with van der Waals surface area (Å²) in [6, 6.07) is 0. The molecule has 0 spiro atoms. The van der Waals surface area contributed by atoms with Crippen LogP contribution in [0.5, 0.6) is 0 Å². The standard InChI is InChI=1S/C29H40O9/c1-14-18(28(5)22(34)12-21(33)26(2,3)24(28)23(35)25(36)38-6)7-8-27(4)19(10-16(31)13-29(14,27)37)17-9-15(30)11-20(17)32/h9,15,18-19,22-24,30,34-35,37H,1,7-8,10-13H2,2-6H3/t15-,18+,19+,22+,23-,24+,27+,28+,29+/m1/s1. The van der Waals surface area contributed by atoms with Gasteiger partial charge < -0.3 is 25.2 Å². The molecule has 210 valence electrons. The van der Waals surface area contributed by atoms with E-state index in [1.165, 1.54) is 6.08 Å². The first-order chi connectivity index (χ1) is 17.5. The molecule has 0 unspecified atom stereocenters. The van der Waals surface area contributed by atoms with Crippen LogP contribution in [-0.4, -0.2) is 74.8 Å². The topological polar surface area (TPSA) is 158 Å². The average molecular weight is 533 g/mol. The number of hydrogen-bond acceptors (Lipinski definition) is 9. The average Bonchev–Trinajstić information content (AvgIpc) is 3.16. The maximum absolute atomic E-state index is 13.0. The number of ketones is 3. The Morgan fingerprint density at radius 1 is 1.08 bits per heavy atom. The van der Waals surface area contributed by atoms with Crippen LogP contribution in [0.3, 0.4) is 0 Å². The van der Waals surface area contributed by atoms with E-state index in [-0.39, 0.29) is 48.6 Å². The van der Waals surface area contributed by atoms with Gasteiger partial charge >= 0.3 is 5.97 Å². The third-order valence-electron chi connectivity index (χ3n) is 10.7. The lowest BCUT2D eigenvalue weighted by molar-refractivity contribution is -0.200. The summed E-state index contributed by atoms with van der Waals surface area (Å²) >= 11 is 0. The molecule has 9 nitrogen and oxygen atoms in total. The van der Waals surface area contributed by atoms with Gasteiger partial charge in [0.15, 0.2) is 11.9 Å². The van der Waals surface area contributed by atoms with Crippen molar-refractivity contribution in [3.8, 4) is 0 Å². The van der Waals surface area contributed by atoms with Crippen LogP contribution in [0.15, 0.2) is 23.8 Å². The fourth-order valence-corrected chi connectivity index (χ4v) is 8.44. The summed E-state index contributed by atoms with van der Waals surface area (Å²) in [5.74, 6) is -4.09. The van der Waals surface area contributed by atoms with Crippen molar-refractivity contribution in [1.82, 2.24) is 0 Å². The Hall–Kier alpha value is -2.20. The molecule has 9 heteroatoms. The molecule has 0 aliphatic heterocycles. The first-order valence-corrected chi connectivity index (χ1v) is 13.3. The smallest absolute Gasteiger partial charge is 0.335 e. The van der Waals surface area contributed by atoms with Crippen molar-refractivity contribution in [2.24, 2.45) is 34.0 Å². The molecule has 0 aromatic carbocycles. The van der Waals surface area contributed by atoms with Gasteiger partial charge in [-0.1, -0.05) is 34.3 Å². The Morgan fingerprint density at radius 3 is 2.26 bits per heavy atom. The number of fused-ring (bicyclic) bond motifs is 1. The molecule has 4 N–H and O–H groups in total. The second kappa shape index (κ2) is 9.18. The van der Waals surface area contributed by atoms with Crippen LogP contribution in [0, 0.1) is 34.0 Å². The summed E-state index contributed by atoms with van der Waals surface area (Å²) < 4.78 is 4.81. The van der Waals surface area contributed by atoms with Gasteiger partial charge in [0.25, 0.3) is 0 Å². The molecule has 3 fully saturated rings. The van der Waals surface area contributed by atoms with E-state index in [1.54, 1.807) is 20.8 Å². The van der Waals surface area contributed by atoms with Crippen LogP contribution in [0.4, 0.5) is 0 Å². The second-order valence-electron chi connectivity index (χ2n) is 12.9. The zero-order valence-corrected chi connectivity index (χ0v) is 22.8. The third-order valence-corrected chi connectivity index (χ3v) is 10.7. The van der Waals surface area contributed by atoms with Crippen LogP contribution in [-0.2, 0) is 23.9 Å².